The average molecular weight is 343 g/mol. The first kappa shape index (κ1) is 16.4. The molecule has 0 aliphatic rings. The predicted octanol–water partition coefficient (Wildman–Crippen LogP) is 3.27. The Morgan fingerprint density at radius 3 is 2.48 bits per heavy atom. The van der Waals surface area contributed by atoms with Gasteiger partial charge >= 0.3 is 0 Å². The van der Waals surface area contributed by atoms with Crippen molar-refractivity contribution in [2.75, 3.05) is 11.5 Å². The van der Waals surface area contributed by atoms with Crippen LogP contribution in [-0.2, 0) is 9.84 Å². The van der Waals surface area contributed by atoms with Gasteiger partial charge in [-0.2, -0.15) is 0 Å². The molecule has 0 aliphatic heterocycles. The van der Waals surface area contributed by atoms with Crippen LogP contribution in [-0.4, -0.2) is 31.1 Å². The van der Waals surface area contributed by atoms with E-state index < -0.39 is 15.9 Å². The zero-order valence-electron chi connectivity index (χ0n) is 11.1. The predicted molar refractivity (Wildman–Crippen MR) is 86.7 cm³/mol. The normalized spacial score (nSPS) is 13.0. The van der Waals surface area contributed by atoms with Gasteiger partial charge in [0.25, 0.3) is 0 Å². The molecule has 21 heavy (non-hydrogen) atoms. The van der Waals surface area contributed by atoms with Crippen molar-refractivity contribution in [1.82, 2.24) is 0 Å². The van der Waals surface area contributed by atoms with E-state index in [1.807, 2.05) is 12.1 Å². The van der Waals surface area contributed by atoms with Crippen LogP contribution in [0.4, 0.5) is 0 Å². The third-order valence-electron chi connectivity index (χ3n) is 2.75. The summed E-state index contributed by atoms with van der Waals surface area (Å²) in [6.07, 6.45) is -0.931. The van der Waals surface area contributed by atoms with Gasteiger partial charge in [-0.25, -0.2) is 8.42 Å². The Balaban J connectivity index is 1.94. The van der Waals surface area contributed by atoms with Crippen LogP contribution >= 0.6 is 23.4 Å². The minimum Gasteiger partial charge on any atom is -0.391 e. The van der Waals surface area contributed by atoms with Gasteiger partial charge in [-0.3, -0.25) is 0 Å². The fourth-order valence-corrected chi connectivity index (χ4v) is 4.46. The molecule has 0 unspecified atom stereocenters. The number of hydrogen-bond donors (Lipinski definition) is 1. The van der Waals surface area contributed by atoms with E-state index in [2.05, 4.69) is 0 Å². The molecule has 2 aromatic rings. The first-order valence-corrected chi connectivity index (χ1v) is 9.33. The summed E-state index contributed by atoms with van der Waals surface area (Å²) in [6, 6.07) is 15.4. The van der Waals surface area contributed by atoms with E-state index in [0.29, 0.717) is 10.8 Å². The molecule has 0 bridgehead atoms. The number of benzene rings is 2. The van der Waals surface area contributed by atoms with E-state index in [0.717, 1.165) is 4.90 Å². The molecule has 0 amide bonds. The molecule has 3 nitrogen and oxygen atoms in total. The molecule has 0 radical (unpaired) electrons. The SMILES string of the molecule is O=S(=O)(C[C@@H](O)CSc1cccc(Cl)c1)c1ccccc1. The van der Waals surface area contributed by atoms with Crippen LogP contribution in [0.3, 0.4) is 0 Å². The van der Waals surface area contributed by atoms with E-state index in [9.17, 15) is 13.5 Å². The maximum absolute atomic E-state index is 12.1. The summed E-state index contributed by atoms with van der Waals surface area (Å²) in [5.41, 5.74) is 0. The summed E-state index contributed by atoms with van der Waals surface area (Å²) in [7, 11) is -3.46. The third kappa shape index (κ3) is 5.04. The second kappa shape index (κ2) is 7.31. The monoisotopic (exact) mass is 342 g/mol. The van der Waals surface area contributed by atoms with Gasteiger partial charge in [0.2, 0.25) is 0 Å². The molecule has 1 N–H and O–H groups in total. The van der Waals surface area contributed by atoms with Gasteiger partial charge in [-0.05, 0) is 30.3 Å². The van der Waals surface area contributed by atoms with Gasteiger partial charge in [-0.1, -0.05) is 35.9 Å². The lowest BCUT2D eigenvalue weighted by Gasteiger charge is -2.11. The molecule has 0 aromatic heterocycles. The quantitative estimate of drug-likeness (QED) is 0.819. The summed E-state index contributed by atoms with van der Waals surface area (Å²) < 4.78 is 24.2. The summed E-state index contributed by atoms with van der Waals surface area (Å²) in [5, 5.41) is 10.6. The highest BCUT2D eigenvalue weighted by Gasteiger charge is 2.19. The van der Waals surface area contributed by atoms with Crippen LogP contribution in [0.25, 0.3) is 0 Å². The Hall–Kier alpha value is -1.01. The van der Waals surface area contributed by atoms with E-state index in [1.54, 1.807) is 30.3 Å². The minimum atomic E-state index is -3.46. The van der Waals surface area contributed by atoms with Crippen molar-refractivity contribution >= 4 is 33.2 Å². The lowest BCUT2D eigenvalue weighted by molar-refractivity contribution is 0.222. The molecule has 6 heteroatoms. The lowest BCUT2D eigenvalue weighted by Crippen LogP contribution is -2.23. The van der Waals surface area contributed by atoms with Crippen molar-refractivity contribution in [2.24, 2.45) is 0 Å². The molecule has 0 aliphatic carbocycles. The second-order valence-corrected chi connectivity index (χ2v) is 8.08. The maximum Gasteiger partial charge on any atom is 0.180 e. The number of aliphatic hydroxyl groups excluding tert-OH is 1. The molecule has 0 saturated heterocycles. The number of rotatable bonds is 6. The maximum atomic E-state index is 12.1. The molecule has 2 rings (SSSR count). The van der Waals surface area contributed by atoms with E-state index >= 15 is 0 Å². The van der Waals surface area contributed by atoms with Crippen molar-refractivity contribution in [1.29, 1.82) is 0 Å². The molecule has 0 saturated carbocycles. The molecular formula is C15H15ClO3S2. The number of halogens is 1. The molecule has 112 valence electrons. The topological polar surface area (TPSA) is 54.4 Å². The van der Waals surface area contributed by atoms with E-state index in [-0.39, 0.29) is 10.6 Å². The Kier molecular flexibility index (Phi) is 5.70. The molecule has 0 spiro atoms. The first-order chi connectivity index (χ1) is 9.97. The molecule has 1 atom stereocenters. The third-order valence-corrected chi connectivity index (χ3v) is 5.94. The van der Waals surface area contributed by atoms with Gasteiger partial charge in [0.15, 0.2) is 9.84 Å². The highest BCUT2D eigenvalue weighted by Crippen LogP contribution is 2.23. The zero-order valence-corrected chi connectivity index (χ0v) is 13.5. The summed E-state index contributed by atoms with van der Waals surface area (Å²) in [6.45, 7) is 0. The first-order valence-electron chi connectivity index (χ1n) is 6.31. The minimum absolute atomic E-state index is 0.233. The van der Waals surface area contributed by atoms with Crippen LogP contribution in [0.15, 0.2) is 64.4 Å². The highest BCUT2D eigenvalue weighted by atomic mass is 35.5. The van der Waals surface area contributed by atoms with Gasteiger partial charge in [0, 0.05) is 15.7 Å². The van der Waals surface area contributed by atoms with Gasteiger partial charge < -0.3 is 5.11 Å². The highest BCUT2D eigenvalue weighted by molar-refractivity contribution is 7.99. The van der Waals surface area contributed by atoms with Crippen molar-refractivity contribution in [2.45, 2.75) is 15.9 Å². The van der Waals surface area contributed by atoms with Gasteiger partial charge in [-0.15, -0.1) is 11.8 Å². The number of sulfone groups is 1. The van der Waals surface area contributed by atoms with Crippen molar-refractivity contribution in [3.63, 3.8) is 0 Å². The second-order valence-electron chi connectivity index (χ2n) is 4.52. The summed E-state index contributed by atoms with van der Waals surface area (Å²) >= 11 is 7.25. The van der Waals surface area contributed by atoms with Crippen molar-refractivity contribution < 1.29 is 13.5 Å². The number of aliphatic hydroxyl groups is 1. The molecule has 0 fully saturated rings. The molecule has 0 heterocycles. The van der Waals surface area contributed by atoms with Crippen LogP contribution in [0, 0.1) is 0 Å². The van der Waals surface area contributed by atoms with Crippen molar-refractivity contribution in [3.05, 3.63) is 59.6 Å². The van der Waals surface area contributed by atoms with Crippen LogP contribution in [0.1, 0.15) is 0 Å². The number of hydrogen-bond acceptors (Lipinski definition) is 4. The average Bonchev–Trinajstić information content (AvgIpc) is 2.46. The zero-order chi connectivity index (χ0) is 15.3. The summed E-state index contributed by atoms with van der Waals surface area (Å²) in [5.74, 6) is 0.0109. The van der Waals surface area contributed by atoms with E-state index in [4.69, 9.17) is 11.6 Å². The van der Waals surface area contributed by atoms with Crippen LogP contribution in [0.2, 0.25) is 5.02 Å². The fourth-order valence-electron chi connectivity index (χ4n) is 1.77. The Morgan fingerprint density at radius 2 is 1.81 bits per heavy atom. The smallest absolute Gasteiger partial charge is 0.180 e. The Labute approximate surface area is 133 Å². The summed E-state index contributed by atoms with van der Waals surface area (Å²) in [4.78, 5) is 1.13. The van der Waals surface area contributed by atoms with E-state index in [1.165, 1.54) is 23.9 Å². The molecular weight excluding hydrogens is 328 g/mol. The Morgan fingerprint density at radius 1 is 1.10 bits per heavy atom. The fraction of sp³-hybridized carbons (Fsp3) is 0.200. The standard InChI is InChI=1S/C15H15ClO3S2/c16-12-5-4-6-14(9-12)20-10-13(17)11-21(18,19)15-7-2-1-3-8-15/h1-9,13,17H,10-11H2/t13-/m0/s1. The lowest BCUT2D eigenvalue weighted by atomic mass is 10.4. The van der Waals surface area contributed by atoms with Crippen molar-refractivity contribution in [3.8, 4) is 0 Å². The largest absolute Gasteiger partial charge is 0.391 e. The van der Waals surface area contributed by atoms with Gasteiger partial charge in [0.05, 0.1) is 16.8 Å². The molecule has 2 aromatic carbocycles. The van der Waals surface area contributed by atoms with Crippen LogP contribution in [0.5, 0.6) is 0 Å². The van der Waals surface area contributed by atoms with Crippen LogP contribution < -0.4 is 0 Å². The Bertz CT molecular complexity index is 687. The number of thioether (sulfide) groups is 1. The van der Waals surface area contributed by atoms with Gasteiger partial charge in [0.1, 0.15) is 0 Å².